The zero-order chi connectivity index (χ0) is 17.2. The minimum atomic E-state index is -0.624. The lowest BCUT2D eigenvalue weighted by Gasteiger charge is -2.44. The molecule has 0 spiro atoms. The molecule has 4 nitrogen and oxygen atoms in total. The Labute approximate surface area is 145 Å². The van der Waals surface area contributed by atoms with E-state index in [0.29, 0.717) is 19.0 Å². The third-order valence-corrected chi connectivity index (χ3v) is 6.08. The van der Waals surface area contributed by atoms with Gasteiger partial charge < -0.3 is 10.8 Å². The van der Waals surface area contributed by atoms with Crippen LogP contribution in [0, 0.1) is 5.41 Å². The summed E-state index contributed by atoms with van der Waals surface area (Å²) < 4.78 is 0. The fourth-order valence-corrected chi connectivity index (χ4v) is 4.47. The number of β-amino-alcohol motifs (C(OH)–C–C–N with tert-alkyl or cyclic N) is 1. The van der Waals surface area contributed by atoms with Gasteiger partial charge in [-0.3, -0.25) is 9.69 Å². The van der Waals surface area contributed by atoms with Crippen LogP contribution in [0.25, 0.3) is 0 Å². The molecule has 1 heterocycles. The van der Waals surface area contributed by atoms with E-state index >= 15 is 0 Å². The Hall–Kier alpha value is -1.39. The summed E-state index contributed by atoms with van der Waals surface area (Å²) in [5.74, 6) is 0.343. The Morgan fingerprint density at radius 2 is 1.92 bits per heavy atom. The van der Waals surface area contributed by atoms with Crippen molar-refractivity contribution in [2.24, 2.45) is 11.1 Å². The molecule has 1 amide bonds. The molecule has 3 N–H and O–H groups in total. The van der Waals surface area contributed by atoms with Crippen molar-refractivity contribution in [3.8, 4) is 0 Å². The first-order chi connectivity index (χ1) is 11.4. The van der Waals surface area contributed by atoms with E-state index in [4.69, 9.17) is 5.73 Å². The van der Waals surface area contributed by atoms with Crippen molar-refractivity contribution in [3.63, 3.8) is 0 Å². The molecule has 0 aromatic heterocycles. The summed E-state index contributed by atoms with van der Waals surface area (Å²) in [5.41, 5.74) is 5.90. The number of amides is 1. The van der Waals surface area contributed by atoms with Crippen molar-refractivity contribution in [1.29, 1.82) is 0 Å². The molecule has 2 fully saturated rings. The van der Waals surface area contributed by atoms with Gasteiger partial charge in [-0.2, -0.15) is 0 Å². The Morgan fingerprint density at radius 3 is 2.54 bits per heavy atom. The molecular weight excluding hydrogens is 300 g/mol. The number of primary amides is 1. The Bertz CT molecular complexity index is 566. The fourth-order valence-electron chi connectivity index (χ4n) is 4.47. The predicted octanol–water partition coefficient (Wildman–Crippen LogP) is 2.66. The number of carbonyl (C=O) groups is 1. The van der Waals surface area contributed by atoms with Crippen LogP contribution >= 0.6 is 0 Å². The average molecular weight is 330 g/mol. The molecule has 1 unspecified atom stereocenters. The molecule has 1 saturated heterocycles. The number of likely N-dealkylation sites (tertiary alicyclic amines) is 1. The van der Waals surface area contributed by atoms with Gasteiger partial charge in [0.15, 0.2) is 0 Å². The molecule has 4 heteroatoms. The monoisotopic (exact) mass is 330 g/mol. The van der Waals surface area contributed by atoms with Crippen LogP contribution in [-0.4, -0.2) is 41.1 Å². The molecule has 1 aliphatic heterocycles. The van der Waals surface area contributed by atoms with Gasteiger partial charge in [-0.05, 0) is 63.5 Å². The number of aliphatic hydroxyl groups is 1. The molecule has 1 atom stereocenters. The summed E-state index contributed by atoms with van der Waals surface area (Å²) in [6.07, 6.45) is 5.55. The standard InChI is InChI=1S/C20H30N2O2/c1-19(18(21)23)10-5-13-22(14-19)15-20(24)11-8-17(9-12-20)16-6-3-2-4-7-16/h2-4,6-7,17,24H,5,8-15H2,1H3,(H2,21,23). The lowest BCUT2D eigenvalue weighted by molar-refractivity contribution is -0.131. The van der Waals surface area contributed by atoms with Crippen LogP contribution in [0.2, 0.25) is 0 Å². The van der Waals surface area contributed by atoms with Gasteiger partial charge in [-0.1, -0.05) is 30.3 Å². The van der Waals surface area contributed by atoms with Gasteiger partial charge in [-0.25, -0.2) is 0 Å². The highest BCUT2D eigenvalue weighted by molar-refractivity contribution is 5.80. The van der Waals surface area contributed by atoms with Gasteiger partial charge in [0.1, 0.15) is 0 Å². The normalized spacial score (nSPS) is 34.8. The van der Waals surface area contributed by atoms with Crippen molar-refractivity contribution >= 4 is 5.91 Å². The Balaban J connectivity index is 1.57. The van der Waals surface area contributed by atoms with E-state index in [0.717, 1.165) is 45.1 Å². The second-order valence-electron chi connectivity index (χ2n) is 8.15. The Kier molecular flexibility index (Phi) is 4.97. The predicted molar refractivity (Wildman–Crippen MR) is 95.6 cm³/mol. The van der Waals surface area contributed by atoms with Gasteiger partial charge in [0, 0.05) is 13.1 Å². The summed E-state index contributed by atoms with van der Waals surface area (Å²) in [5, 5.41) is 11.0. The summed E-state index contributed by atoms with van der Waals surface area (Å²) in [6, 6.07) is 10.6. The molecule has 1 aromatic rings. The van der Waals surface area contributed by atoms with E-state index < -0.39 is 11.0 Å². The summed E-state index contributed by atoms with van der Waals surface area (Å²) in [4.78, 5) is 14.0. The molecule has 1 aliphatic carbocycles. The van der Waals surface area contributed by atoms with E-state index in [-0.39, 0.29) is 5.91 Å². The van der Waals surface area contributed by atoms with E-state index in [1.165, 1.54) is 5.56 Å². The van der Waals surface area contributed by atoms with Gasteiger partial charge in [0.25, 0.3) is 0 Å². The minimum Gasteiger partial charge on any atom is -0.389 e. The molecule has 0 bridgehead atoms. The van der Waals surface area contributed by atoms with Crippen LogP contribution in [0.4, 0.5) is 0 Å². The summed E-state index contributed by atoms with van der Waals surface area (Å²) in [7, 11) is 0. The highest BCUT2D eigenvalue weighted by Crippen LogP contribution is 2.39. The van der Waals surface area contributed by atoms with E-state index in [1.54, 1.807) is 0 Å². The summed E-state index contributed by atoms with van der Waals surface area (Å²) in [6.45, 7) is 4.25. The number of piperidine rings is 1. The van der Waals surface area contributed by atoms with Crippen LogP contribution in [-0.2, 0) is 4.79 Å². The molecule has 132 valence electrons. The molecule has 24 heavy (non-hydrogen) atoms. The maximum atomic E-state index is 11.7. The first kappa shape index (κ1) is 17.4. The van der Waals surface area contributed by atoms with Crippen molar-refractivity contribution in [2.45, 2.75) is 57.0 Å². The first-order valence-corrected chi connectivity index (χ1v) is 9.20. The maximum Gasteiger partial charge on any atom is 0.224 e. The number of nitrogens with zero attached hydrogens (tertiary/aromatic N) is 1. The lowest BCUT2D eigenvalue weighted by Crippen LogP contribution is -2.53. The van der Waals surface area contributed by atoms with E-state index in [1.807, 2.05) is 6.92 Å². The molecule has 1 saturated carbocycles. The highest BCUT2D eigenvalue weighted by atomic mass is 16.3. The second kappa shape index (κ2) is 6.85. The van der Waals surface area contributed by atoms with Gasteiger partial charge in [-0.15, -0.1) is 0 Å². The number of benzene rings is 1. The van der Waals surface area contributed by atoms with E-state index in [9.17, 15) is 9.90 Å². The maximum absolute atomic E-state index is 11.7. The molecule has 0 radical (unpaired) electrons. The van der Waals surface area contributed by atoms with Crippen molar-refractivity contribution < 1.29 is 9.90 Å². The van der Waals surface area contributed by atoms with E-state index in [2.05, 4.69) is 35.2 Å². The SMILES string of the molecule is CC1(C(N)=O)CCCN(CC2(O)CCC(c3ccccc3)CC2)C1. The third kappa shape index (κ3) is 3.81. The van der Waals surface area contributed by atoms with Crippen LogP contribution < -0.4 is 5.73 Å². The number of rotatable bonds is 4. The quantitative estimate of drug-likeness (QED) is 0.892. The Morgan fingerprint density at radius 1 is 1.25 bits per heavy atom. The molecular formula is C20H30N2O2. The van der Waals surface area contributed by atoms with Crippen LogP contribution in [0.1, 0.15) is 56.9 Å². The minimum absolute atomic E-state index is 0.216. The number of hydrogen-bond donors (Lipinski definition) is 2. The highest BCUT2D eigenvalue weighted by Gasteiger charge is 2.40. The van der Waals surface area contributed by atoms with Crippen molar-refractivity contribution in [2.75, 3.05) is 19.6 Å². The average Bonchev–Trinajstić information content (AvgIpc) is 2.56. The molecule has 3 rings (SSSR count). The zero-order valence-electron chi connectivity index (χ0n) is 14.7. The van der Waals surface area contributed by atoms with Crippen molar-refractivity contribution in [1.82, 2.24) is 4.90 Å². The molecule has 1 aromatic carbocycles. The van der Waals surface area contributed by atoms with Crippen molar-refractivity contribution in [3.05, 3.63) is 35.9 Å². The largest absolute Gasteiger partial charge is 0.389 e. The third-order valence-electron chi connectivity index (χ3n) is 6.08. The second-order valence-corrected chi connectivity index (χ2v) is 8.15. The number of hydrogen-bond acceptors (Lipinski definition) is 3. The number of nitrogens with two attached hydrogens (primary N) is 1. The van der Waals surface area contributed by atoms with Crippen LogP contribution in [0.15, 0.2) is 30.3 Å². The van der Waals surface area contributed by atoms with Gasteiger partial charge >= 0.3 is 0 Å². The van der Waals surface area contributed by atoms with Crippen LogP contribution in [0.3, 0.4) is 0 Å². The smallest absolute Gasteiger partial charge is 0.224 e. The first-order valence-electron chi connectivity index (χ1n) is 9.20. The lowest BCUT2D eigenvalue weighted by atomic mass is 9.75. The zero-order valence-corrected chi connectivity index (χ0v) is 14.7. The van der Waals surface area contributed by atoms with Gasteiger partial charge in [0.2, 0.25) is 5.91 Å². The van der Waals surface area contributed by atoms with Gasteiger partial charge in [0.05, 0.1) is 11.0 Å². The fraction of sp³-hybridized carbons (Fsp3) is 0.650. The van der Waals surface area contributed by atoms with Crippen LogP contribution in [0.5, 0.6) is 0 Å². The molecule has 2 aliphatic rings. The summed E-state index contributed by atoms with van der Waals surface area (Å²) >= 11 is 0. The topological polar surface area (TPSA) is 66.6 Å². The number of carbonyl (C=O) groups excluding carboxylic acids is 1.